The highest BCUT2D eigenvalue weighted by molar-refractivity contribution is 7.95. The van der Waals surface area contributed by atoms with Gasteiger partial charge in [-0.2, -0.15) is 0 Å². The Morgan fingerprint density at radius 2 is 1.69 bits per heavy atom. The van der Waals surface area contributed by atoms with Crippen molar-refractivity contribution in [2.45, 2.75) is 18.7 Å². The number of allylic oxidation sites excluding steroid dienone is 2. The Labute approximate surface area is 77.8 Å². The topological polar surface area (TPSA) is 34.1 Å². The van der Waals surface area contributed by atoms with Gasteiger partial charge in [-0.1, -0.05) is 18.2 Å². The molecule has 1 aliphatic rings. The van der Waals surface area contributed by atoms with Gasteiger partial charge in [0, 0.05) is 4.91 Å². The lowest BCUT2D eigenvalue weighted by Crippen LogP contribution is -1.96. The number of hydrogen-bond donors (Lipinski definition) is 0. The van der Waals surface area contributed by atoms with Crippen LogP contribution in [0.15, 0.2) is 34.1 Å². The molecule has 3 heteroatoms. The molecular formula is C10H10O2S. The maximum Gasteiger partial charge on any atom is 0.203 e. The van der Waals surface area contributed by atoms with Crippen LogP contribution >= 0.6 is 0 Å². The molecule has 0 amide bonds. The molecule has 1 aromatic carbocycles. The fourth-order valence-corrected chi connectivity index (χ4v) is 3.18. The molecule has 0 saturated carbocycles. The van der Waals surface area contributed by atoms with Gasteiger partial charge in [0.1, 0.15) is 0 Å². The van der Waals surface area contributed by atoms with Gasteiger partial charge in [-0.05, 0) is 31.1 Å². The molecule has 0 saturated heterocycles. The predicted molar refractivity (Wildman–Crippen MR) is 51.9 cm³/mol. The van der Waals surface area contributed by atoms with Crippen LogP contribution in [0.3, 0.4) is 0 Å². The average Bonchev–Trinajstić information content (AvgIpc) is 2.30. The summed E-state index contributed by atoms with van der Waals surface area (Å²) in [7, 11) is -3.15. The Balaban J connectivity index is 2.90. The third kappa shape index (κ3) is 0.968. The predicted octanol–water partition coefficient (Wildman–Crippen LogP) is 2.22. The normalized spacial score (nSPS) is 18.9. The van der Waals surface area contributed by atoms with E-state index >= 15 is 0 Å². The Morgan fingerprint density at radius 3 is 2.31 bits per heavy atom. The van der Waals surface area contributed by atoms with Gasteiger partial charge in [-0.25, -0.2) is 8.42 Å². The molecule has 0 aliphatic carbocycles. The molecule has 2 nitrogen and oxygen atoms in total. The summed E-state index contributed by atoms with van der Waals surface area (Å²) in [5.41, 5.74) is 1.72. The lowest BCUT2D eigenvalue weighted by Gasteiger charge is -1.97. The van der Waals surface area contributed by atoms with E-state index in [2.05, 4.69) is 0 Å². The van der Waals surface area contributed by atoms with Gasteiger partial charge in [0.05, 0.1) is 4.90 Å². The van der Waals surface area contributed by atoms with Crippen LogP contribution in [-0.2, 0) is 9.84 Å². The monoisotopic (exact) mass is 194 g/mol. The van der Waals surface area contributed by atoms with E-state index in [-0.39, 0.29) is 0 Å². The van der Waals surface area contributed by atoms with Crippen molar-refractivity contribution < 1.29 is 8.42 Å². The van der Waals surface area contributed by atoms with Gasteiger partial charge >= 0.3 is 0 Å². The Bertz CT molecular complexity index is 495. The van der Waals surface area contributed by atoms with Gasteiger partial charge in [-0.15, -0.1) is 0 Å². The maximum absolute atomic E-state index is 11.7. The molecule has 1 aliphatic heterocycles. The second-order valence-corrected chi connectivity index (χ2v) is 5.24. The van der Waals surface area contributed by atoms with Crippen LogP contribution in [0.4, 0.5) is 0 Å². The van der Waals surface area contributed by atoms with Crippen LogP contribution in [0, 0.1) is 0 Å². The summed E-state index contributed by atoms with van der Waals surface area (Å²) in [4.78, 5) is 0.929. The van der Waals surface area contributed by atoms with E-state index in [0.29, 0.717) is 9.80 Å². The smallest absolute Gasteiger partial charge is 0.203 e. The molecule has 0 unspecified atom stereocenters. The standard InChI is InChI=1S/C10H10O2S/c1-7-8(2)13(11,12)10-6-4-3-5-9(7)10/h3-6H,1-2H3. The molecular weight excluding hydrogens is 184 g/mol. The Kier molecular flexibility index (Phi) is 1.60. The van der Waals surface area contributed by atoms with E-state index in [0.717, 1.165) is 11.1 Å². The zero-order valence-corrected chi connectivity index (χ0v) is 8.35. The van der Waals surface area contributed by atoms with Crippen LogP contribution in [0.1, 0.15) is 19.4 Å². The quantitative estimate of drug-likeness (QED) is 0.634. The van der Waals surface area contributed by atoms with Gasteiger partial charge in [0.25, 0.3) is 0 Å². The van der Waals surface area contributed by atoms with Crippen LogP contribution in [0.2, 0.25) is 0 Å². The lowest BCUT2D eigenvalue weighted by molar-refractivity contribution is 0.603. The maximum atomic E-state index is 11.7. The molecule has 0 atom stereocenters. The van der Waals surface area contributed by atoms with Crippen molar-refractivity contribution >= 4 is 15.4 Å². The zero-order valence-electron chi connectivity index (χ0n) is 7.53. The largest absolute Gasteiger partial charge is 0.219 e. The minimum Gasteiger partial charge on any atom is -0.219 e. The average molecular weight is 194 g/mol. The van der Waals surface area contributed by atoms with Crippen LogP contribution in [0.5, 0.6) is 0 Å². The first kappa shape index (κ1) is 8.51. The van der Waals surface area contributed by atoms with Crippen molar-refractivity contribution in [3.05, 3.63) is 34.7 Å². The number of sulfone groups is 1. The lowest BCUT2D eigenvalue weighted by atomic mass is 10.1. The molecule has 68 valence electrons. The SMILES string of the molecule is CC1=C(C)S(=O)(=O)c2ccccc21. The van der Waals surface area contributed by atoms with Crippen molar-refractivity contribution in [1.82, 2.24) is 0 Å². The van der Waals surface area contributed by atoms with E-state index in [1.54, 1.807) is 19.1 Å². The fourth-order valence-electron chi connectivity index (χ4n) is 1.57. The number of rotatable bonds is 0. The highest BCUT2D eigenvalue weighted by atomic mass is 32.2. The number of fused-ring (bicyclic) bond motifs is 1. The molecule has 1 aromatic rings. The van der Waals surface area contributed by atoms with Gasteiger partial charge in [-0.3, -0.25) is 0 Å². The van der Waals surface area contributed by atoms with Gasteiger partial charge in [0.2, 0.25) is 9.84 Å². The third-order valence-electron chi connectivity index (χ3n) is 2.51. The first-order valence-corrected chi connectivity index (χ1v) is 5.55. The zero-order chi connectivity index (χ0) is 9.64. The van der Waals surface area contributed by atoms with E-state index < -0.39 is 9.84 Å². The first-order valence-electron chi connectivity index (χ1n) is 4.07. The highest BCUT2D eigenvalue weighted by Gasteiger charge is 2.29. The van der Waals surface area contributed by atoms with Crippen LogP contribution < -0.4 is 0 Å². The molecule has 0 radical (unpaired) electrons. The Morgan fingerprint density at radius 1 is 1.08 bits per heavy atom. The van der Waals surface area contributed by atoms with Crippen LogP contribution in [-0.4, -0.2) is 8.42 Å². The summed E-state index contributed by atoms with van der Waals surface area (Å²) in [5, 5.41) is 0. The van der Waals surface area contributed by atoms with Crippen molar-refractivity contribution in [1.29, 1.82) is 0 Å². The molecule has 13 heavy (non-hydrogen) atoms. The molecule has 2 rings (SSSR count). The second kappa shape index (κ2) is 2.45. The van der Waals surface area contributed by atoms with E-state index in [1.807, 2.05) is 19.1 Å². The summed E-state index contributed by atoms with van der Waals surface area (Å²) in [6.45, 7) is 3.50. The van der Waals surface area contributed by atoms with Crippen molar-refractivity contribution in [3.8, 4) is 0 Å². The fraction of sp³-hybridized carbons (Fsp3) is 0.200. The Hall–Kier alpha value is -1.09. The molecule has 1 heterocycles. The molecule has 0 N–H and O–H groups in total. The van der Waals surface area contributed by atoms with E-state index in [4.69, 9.17) is 0 Å². The van der Waals surface area contributed by atoms with Crippen molar-refractivity contribution in [2.75, 3.05) is 0 Å². The molecule has 0 fully saturated rings. The second-order valence-electron chi connectivity index (χ2n) is 3.18. The first-order chi connectivity index (χ1) is 6.05. The van der Waals surface area contributed by atoms with Gasteiger partial charge < -0.3 is 0 Å². The van der Waals surface area contributed by atoms with Crippen molar-refractivity contribution in [2.24, 2.45) is 0 Å². The molecule has 0 bridgehead atoms. The van der Waals surface area contributed by atoms with E-state index in [9.17, 15) is 8.42 Å². The summed E-state index contributed by atoms with van der Waals surface area (Å²) in [6, 6.07) is 7.11. The molecule has 0 aromatic heterocycles. The van der Waals surface area contributed by atoms with E-state index in [1.165, 1.54) is 0 Å². The van der Waals surface area contributed by atoms with Gasteiger partial charge in [0.15, 0.2) is 0 Å². The van der Waals surface area contributed by atoms with Crippen molar-refractivity contribution in [3.63, 3.8) is 0 Å². The summed E-state index contributed by atoms with van der Waals surface area (Å²) in [6.07, 6.45) is 0. The minimum absolute atomic E-state index is 0.449. The highest BCUT2D eigenvalue weighted by Crippen LogP contribution is 2.37. The number of benzene rings is 1. The van der Waals surface area contributed by atoms with Crippen LogP contribution in [0.25, 0.3) is 5.57 Å². The summed E-state index contributed by atoms with van der Waals surface area (Å²) >= 11 is 0. The summed E-state index contributed by atoms with van der Waals surface area (Å²) in [5.74, 6) is 0. The minimum atomic E-state index is -3.15. The molecule has 0 spiro atoms. The third-order valence-corrected chi connectivity index (χ3v) is 4.56. The number of hydrogen-bond acceptors (Lipinski definition) is 2. The summed E-state index contributed by atoms with van der Waals surface area (Å²) < 4.78 is 23.5.